The molecule has 3 N–H and O–H groups in total. The first-order valence-corrected chi connectivity index (χ1v) is 13.9. The van der Waals surface area contributed by atoms with Crippen molar-refractivity contribution < 1.29 is 24.0 Å². The van der Waals surface area contributed by atoms with Gasteiger partial charge < -0.3 is 24.7 Å². The van der Waals surface area contributed by atoms with Gasteiger partial charge in [-0.15, -0.1) is 0 Å². The van der Waals surface area contributed by atoms with Gasteiger partial charge >= 0.3 is 5.97 Å². The first-order chi connectivity index (χ1) is 20.5. The maximum absolute atomic E-state index is 12.7. The quantitative estimate of drug-likeness (QED) is 0.102. The van der Waals surface area contributed by atoms with Crippen LogP contribution in [-0.4, -0.2) is 45.9 Å². The summed E-state index contributed by atoms with van der Waals surface area (Å²) in [7, 11) is 0. The van der Waals surface area contributed by atoms with Crippen LogP contribution in [0.4, 0.5) is 5.69 Å². The van der Waals surface area contributed by atoms with E-state index in [9.17, 15) is 19.7 Å². The van der Waals surface area contributed by atoms with Gasteiger partial charge in [0.1, 0.15) is 5.75 Å². The van der Waals surface area contributed by atoms with Crippen LogP contribution in [0.5, 0.6) is 5.75 Å². The summed E-state index contributed by atoms with van der Waals surface area (Å²) in [6.45, 7) is 8.99. The summed E-state index contributed by atoms with van der Waals surface area (Å²) in [5.41, 5.74) is 8.14. The number of aryl methyl sites for hydroxylation is 2. The van der Waals surface area contributed by atoms with E-state index in [2.05, 4.69) is 21.2 Å². The highest BCUT2D eigenvalue weighted by Gasteiger charge is 2.32. The third-order valence-corrected chi connectivity index (χ3v) is 7.07. The summed E-state index contributed by atoms with van der Waals surface area (Å²) in [5, 5.41) is 21.6. The minimum atomic E-state index is -0.639. The Hall–Kier alpha value is -5.04. The van der Waals surface area contributed by atoms with Gasteiger partial charge in [0.25, 0.3) is 11.6 Å². The fraction of sp³-hybridized carbons (Fsp3) is 0.267. The van der Waals surface area contributed by atoms with E-state index in [-0.39, 0.29) is 18.9 Å². The lowest BCUT2D eigenvalue weighted by Crippen LogP contribution is -2.45. The summed E-state index contributed by atoms with van der Waals surface area (Å²) in [6.07, 6.45) is 1.53. The maximum atomic E-state index is 12.7. The highest BCUT2D eigenvalue weighted by molar-refractivity contribution is 7.80. The van der Waals surface area contributed by atoms with E-state index in [1.165, 1.54) is 18.3 Å². The van der Waals surface area contributed by atoms with E-state index < -0.39 is 22.8 Å². The minimum Gasteiger partial charge on any atom is -0.483 e. The van der Waals surface area contributed by atoms with Crippen LogP contribution < -0.4 is 20.8 Å². The molecule has 13 heteroatoms. The summed E-state index contributed by atoms with van der Waals surface area (Å²) in [6, 6.07) is 13.0. The van der Waals surface area contributed by atoms with Crippen LogP contribution in [0.3, 0.4) is 0 Å². The molecule has 1 atom stereocenters. The van der Waals surface area contributed by atoms with Crippen molar-refractivity contribution in [3.05, 3.63) is 98.0 Å². The van der Waals surface area contributed by atoms with Crippen LogP contribution in [0.2, 0.25) is 0 Å². The van der Waals surface area contributed by atoms with Gasteiger partial charge in [0, 0.05) is 46.0 Å². The largest absolute Gasteiger partial charge is 0.483 e. The molecule has 3 aromatic rings. The summed E-state index contributed by atoms with van der Waals surface area (Å²) < 4.78 is 13.1. The molecule has 1 amide bonds. The Balaban J connectivity index is 1.45. The molecule has 0 bridgehead atoms. The Bertz CT molecular complexity index is 1660. The van der Waals surface area contributed by atoms with Crippen molar-refractivity contribution in [1.29, 1.82) is 0 Å². The minimum absolute atomic E-state index is 0.0274. The number of hydrogen-bond donors (Lipinski definition) is 3. The Morgan fingerprint density at radius 2 is 1.91 bits per heavy atom. The van der Waals surface area contributed by atoms with Crippen LogP contribution in [0, 0.1) is 30.9 Å². The molecule has 43 heavy (non-hydrogen) atoms. The molecule has 0 radical (unpaired) electrons. The number of para-hydroxylation sites is 1. The highest BCUT2D eigenvalue weighted by Crippen LogP contribution is 2.33. The lowest BCUT2D eigenvalue weighted by molar-refractivity contribution is -0.384. The summed E-state index contributed by atoms with van der Waals surface area (Å²) in [5.74, 6) is -0.588. The number of nitrogens with zero attached hydrogens (tertiary/aromatic N) is 3. The van der Waals surface area contributed by atoms with Crippen LogP contribution in [0.15, 0.2) is 64.9 Å². The molecule has 1 aliphatic heterocycles. The molecule has 0 spiro atoms. The zero-order valence-corrected chi connectivity index (χ0v) is 25.2. The summed E-state index contributed by atoms with van der Waals surface area (Å²) in [4.78, 5) is 36.1. The van der Waals surface area contributed by atoms with E-state index in [4.69, 9.17) is 21.7 Å². The van der Waals surface area contributed by atoms with Crippen molar-refractivity contribution in [1.82, 2.24) is 20.6 Å². The molecular weight excluding hydrogens is 572 g/mol. The smallest absolute Gasteiger partial charge is 0.338 e. The molecule has 4 rings (SSSR count). The number of carbonyl (C=O) groups is 2. The van der Waals surface area contributed by atoms with Gasteiger partial charge in [0.15, 0.2) is 11.7 Å². The maximum Gasteiger partial charge on any atom is 0.338 e. The number of nitrogens with one attached hydrogen (secondary N) is 3. The van der Waals surface area contributed by atoms with Gasteiger partial charge in [0.2, 0.25) is 0 Å². The number of nitro groups is 1. The Morgan fingerprint density at radius 3 is 2.60 bits per heavy atom. The van der Waals surface area contributed by atoms with Crippen molar-refractivity contribution in [3.63, 3.8) is 0 Å². The van der Waals surface area contributed by atoms with Gasteiger partial charge in [-0.3, -0.25) is 14.9 Å². The number of amides is 1. The predicted octanol–water partition coefficient (Wildman–Crippen LogP) is 4.20. The van der Waals surface area contributed by atoms with Gasteiger partial charge in [0.05, 0.1) is 29.4 Å². The summed E-state index contributed by atoms with van der Waals surface area (Å²) >= 11 is 5.31. The van der Waals surface area contributed by atoms with Gasteiger partial charge in [-0.05, 0) is 70.6 Å². The molecule has 2 heterocycles. The average molecular weight is 605 g/mol. The molecule has 0 fully saturated rings. The number of thiocarbonyl (C=S) groups is 1. The third-order valence-electron chi connectivity index (χ3n) is 6.85. The second kappa shape index (κ2) is 13.3. The molecule has 12 nitrogen and oxygen atoms in total. The fourth-order valence-corrected chi connectivity index (χ4v) is 5.17. The predicted molar refractivity (Wildman–Crippen MR) is 165 cm³/mol. The van der Waals surface area contributed by atoms with E-state index in [1.807, 2.05) is 31.4 Å². The Morgan fingerprint density at radius 1 is 1.16 bits per heavy atom. The number of ether oxygens (including phenoxy) is 2. The van der Waals surface area contributed by atoms with E-state index >= 15 is 0 Å². The molecule has 1 aliphatic rings. The molecule has 0 unspecified atom stereocenters. The van der Waals surface area contributed by atoms with Crippen molar-refractivity contribution >= 4 is 41.1 Å². The highest BCUT2D eigenvalue weighted by atomic mass is 32.1. The Kier molecular flexibility index (Phi) is 9.56. The lowest BCUT2D eigenvalue weighted by Gasteiger charge is -2.30. The standard InChI is InChI=1S/C30H32N6O6S/c1-6-41-29(38)27-19(4)32-30(43)33-28(27)23-9-7-8-10-25(23)42-16-26(37)34-31-15-21-14-18(3)35(20(21)5)24-12-11-22(36(39)40)13-17(24)2/h7-15,28H,6,16H2,1-5H3,(H,34,37)(H2,32,33,43)/t28-/m0/s1. The first-order valence-electron chi connectivity index (χ1n) is 13.4. The number of rotatable bonds is 10. The first kappa shape index (κ1) is 30.9. The second-order valence-electron chi connectivity index (χ2n) is 9.80. The van der Waals surface area contributed by atoms with Crippen LogP contribution in [0.25, 0.3) is 5.69 Å². The van der Waals surface area contributed by atoms with E-state index in [0.717, 1.165) is 28.2 Å². The number of carbonyl (C=O) groups excluding carboxylic acids is 2. The number of esters is 1. The number of allylic oxidation sites excluding steroid dienone is 1. The molecule has 224 valence electrons. The number of hydrogen-bond acceptors (Lipinski definition) is 8. The topological polar surface area (TPSA) is 149 Å². The van der Waals surface area contributed by atoms with E-state index in [0.29, 0.717) is 27.7 Å². The number of benzene rings is 2. The van der Waals surface area contributed by atoms with Gasteiger partial charge in [-0.2, -0.15) is 5.10 Å². The number of nitro benzene ring substituents is 1. The van der Waals surface area contributed by atoms with Crippen molar-refractivity contribution in [2.45, 2.75) is 40.7 Å². The Labute approximate surface area is 253 Å². The van der Waals surface area contributed by atoms with Crippen molar-refractivity contribution in [2.24, 2.45) is 5.10 Å². The monoisotopic (exact) mass is 604 g/mol. The van der Waals surface area contributed by atoms with Crippen LogP contribution in [-0.2, 0) is 14.3 Å². The molecule has 0 saturated heterocycles. The normalized spacial score (nSPS) is 14.7. The molecule has 0 aliphatic carbocycles. The SMILES string of the molecule is CCOC(=O)C1=C(C)NC(=S)N[C@H]1c1ccccc1OCC(=O)NN=Cc1cc(C)n(-c2ccc([N+](=O)[O-])cc2C)c1C. The zero-order valence-electron chi connectivity index (χ0n) is 24.4. The van der Waals surface area contributed by atoms with Crippen LogP contribution in [0.1, 0.15) is 48.0 Å². The third kappa shape index (κ3) is 6.89. The molecule has 0 saturated carbocycles. The van der Waals surface area contributed by atoms with Crippen LogP contribution >= 0.6 is 12.2 Å². The molecule has 1 aromatic heterocycles. The second-order valence-corrected chi connectivity index (χ2v) is 10.2. The molecule has 2 aromatic carbocycles. The number of hydrazone groups is 1. The number of aromatic nitrogens is 1. The fourth-order valence-electron chi connectivity index (χ4n) is 4.90. The molecular formula is C30H32N6O6S. The van der Waals surface area contributed by atoms with Crippen molar-refractivity contribution in [3.8, 4) is 11.4 Å². The zero-order chi connectivity index (χ0) is 31.3. The van der Waals surface area contributed by atoms with Gasteiger partial charge in [-0.25, -0.2) is 10.2 Å². The van der Waals surface area contributed by atoms with Gasteiger partial charge in [-0.1, -0.05) is 18.2 Å². The average Bonchev–Trinajstić information content (AvgIpc) is 3.23. The lowest BCUT2D eigenvalue weighted by atomic mass is 9.95. The number of non-ortho nitro benzene ring substituents is 1. The van der Waals surface area contributed by atoms with Crippen molar-refractivity contribution in [2.75, 3.05) is 13.2 Å². The van der Waals surface area contributed by atoms with E-state index in [1.54, 1.807) is 44.2 Å².